The molecule has 1 unspecified atom stereocenters. The van der Waals surface area contributed by atoms with Gasteiger partial charge in [-0.15, -0.1) is 11.3 Å². The van der Waals surface area contributed by atoms with Crippen LogP contribution in [0.25, 0.3) is 0 Å². The molecule has 5 heteroatoms. The van der Waals surface area contributed by atoms with Crippen LogP contribution in [0.4, 0.5) is 0 Å². The first-order valence-electron chi connectivity index (χ1n) is 6.42. The van der Waals surface area contributed by atoms with E-state index >= 15 is 0 Å². The van der Waals surface area contributed by atoms with Gasteiger partial charge in [0.15, 0.2) is 0 Å². The van der Waals surface area contributed by atoms with Crippen molar-refractivity contribution in [3.63, 3.8) is 0 Å². The fourth-order valence-electron chi connectivity index (χ4n) is 2.85. The lowest BCUT2D eigenvalue weighted by Gasteiger charge is -2.49. The third-order valence-corrected chi connectivity index (χ3v) is 5.04. The smallest absolute Gasteiger partial charge is 0.135 e. The van der Waals surface area contributed by atoms with Crippen molar-refractivity contribution in [2.24, 2.45) is 0 Å². The molecule has 18 heavy (non-hydrogen) atoms. The van der Waals surface area contributed by atoms with Gasteiger partial charge in [-0.1, -0.05) is 0 Å². The minimum Gasteiger partial charge on any atom is -0.372 e. The molecule has 1 saturated carbocycles. The molecule has 1 aliphatic heterocycles. The Hall–Kier alpha value is -0.960. The average molecular weight is 263 g/mol. The van der Waals surface area contributed by atoms with Crippen LogP contribution in [-0.2, 0) is 4.74 Å². The Morgan fingerprint density at radius 2 is 2.44 bits per heavy atom. The van der Waals surface area contributed by atoms with Crippen molar-refractivity contribution in [1.82, 2.24) is 9.88 Å². The highest BCUT2D eigenvalue weighted by atomic mass is 32.1. The molecule has 1 aliphatic carbocycles. The van der Waals surface area contributed by atoms with E-state index in [2.05, 4.69) is 16.0 Å². The third-order valence-electron chi connectivity index (χ3n) is 4.06. The van der Waals surface area contributed by atoms with Crippen LogP contribution in [0.2, 0.25) is 0 Å². The lowest BCUT2D eigenvalue weighted by atomic mass is 9.78. The molecule has 4 nitrogen and oxygen atoms in total. The zero-order valence-corrected chi connectivity index (χ0v) is 11.4. The Labute approximate surface area is 111 Å². The number of nitrogens with zero attached hydrogens (tertiary/aromatic N) is 3. The quantitative estimate of drug-likeness (QED) is 0.821. The van der Waals surface area contributed by atoms with Crippen molar-refractivity contribution in [3.05, 3.63) is 16.1 Å². The number of hydrogen-bond acceptors (Lipinski definition) is 5. The number of aryl methyl sites for hydroxylation is 1. The molecule has 0 amide bonds. The minimum atomic E-state index is -0.154. The van der Waals surface area contributed by atoms with Crippen LogP contribution in [-0.4, -0.2) is 35.2 Å². The van der Waals surface area contributed by atoms with E-state index in [1.54, 1.807) is 11.3 Å². The van der Waals surface area contributed by atoms with E-state index in [0.29, 0.717) is 0 Å². The van der Waals surface area contributed by atoms with Crippen molar-refractivity contribution >= 4 is 11.3 Å². The molecule has 2 heterocycles. The summed E-state index contributed by atoms with van der Waals surface area (Å²) in [7, 11) is 0. The zero-order chi connectivity index (χ0) is 12.6. The first-order chi connectivity index (χ1) is 8.74. The summed E-state index contributed by atoms with van der Waals surface area (Å²) < 4.78 is 5.91. The monoisotopic (exact) mass is 263 g/mol. The molecule has 2 aliphatic rings. The van der Waals surface area contributed by atoms with Gasteiger partial charge >= 0.3 is 0 Å². The van der Waals surface area contributed by atoms with Crippen molar-refractivity contribution in [3.8, 4) is 6.07 Å². The Morgan fingerprint density at radius 1 is 1.61 bits per heavy atom. The number of rotatable bonds is 2. The molecular formula is C13H17N3OS. The van der Waals surface area contributed by atoms with Gasteiger partial charge in [0, 0.05) is 13.1 Å². The largest absolute Gasteiger partial charge is 0.372 e. The normalized spacial score (nSPS) is 24.4. The Balaban J connectivity index is 1.80. The SMILES string of the molecule is Cc1ncsc1C(C#N)N1CCOC2(CCC2)C1. The van der Waals surface area contributed by atoms with E-state index in [-0.39, 0.29) is 11.6 Å². The second kappa shape index (κ2) is 4.61. The maximum absolute atomic E-state index is 9.48. The first-order valence-corrected chi connectivity index (χ1v) is 7.30. The highest BCUT2D eigenvalue weighted by Gasteiger charge is 2.44. The number of aromatic nitrogens is 1. The van der Waals surface area contributed by atoms with Crippen LogP contribution in [0.3, 0.4) is 0 Å². The molecule has 96 valence electrons. The maximum Gasteiger partial charge on any atom is 0.135 e. The second-order valence-electron chi connectivity index (χ2n) is 5.19. The lowest BCUT2D eigenvalue weighted by molar-refractivity contribution is -0.155. The van der Waals surface area contributed by atoms with Crippen LogP contribution in [0, 0.1) is 18.3 Å². The summed E-state index contributed by atoms with van der Waals surface area (Å²) in [4.78, 5) is 7.62. The summed E-state index contributed by atoms with van der Waals surface area (Å²) in [6.45, 7) is 4.46. The van der Waals surface area contributed by atoms with E-state index < -0.39 is 0 Å². The summed E-state index contributed by atoms with van der Waals surface area (Å²) in [6.07, 6.45) is 3.54. The fraction of sp³-hybridized carbons (Fsp3) is 0.692. The van der Waals surface area contributed by atoms with Gasteiger partial charge in [-0.2, -0.15) is 5.26 Å². The van der Waals surface area contributed by atoms with E-state index in [0.717, 1.165) is 43.1 Å². The number of ether oxygens (including phenoxy) is 1. The summed E-state index contributed by atoms with van der Waals surface area (Å²) in [6, 6.07) is 2.29. The van der Waals surface area contributed by atoms with Gasteiger partial charge in [-0.05, 0) is 26.2 Å². The predicted molar refractivity (Wildman–Crippen MR) is 69.3 cm³/mol. The summed E-state index contributed by atoms with van der Waals surface area (Å²) >= 11 is 1.59. The molecule has 1 atom stereocenters. The van der Waals surface area contributed by atoms with Crippen LogP contribution in [0.5, 0.6) is 0 Å². The topological polar surface area (TPSA) is 49.2 Å². The summed E-state index contributed by atoms with van der Waals surface area (Å²) in [5.74, 6) is 0. The van der Waals surface area contributed by atoms with Crippen LogP contribution in [0.15, 0.2) is 5.51 Å². The van der Waals surface area contributed by atoms with Gasteiger partial charge in [-0.25, -0.2) is 4.98 Å². The standard InChI is InChI=1S/C13H17N3OS/c1-10-12(18-9-15-10)11(7-14)16-5-6-17-13(8-16)3-2-4-13/h9,11H,2-6,8H2,1H3. The molecule has 0 aromatic carbocycles. The Kier molecular flexibility index (Phi) is 3.10. The minimum absolute atomic E-state index is 0.0476. The summed E-state index contributed by atoms with van der Waals surface area (Å²) in [5.41, 5.74) is 2.86. The molecular weight excluding hydrogens is 246 g/mol. The first kappa shape index (κ1) is 12.1. The molecule has 2 fully saturated rings. The molecule has 0 radical (unpaired) electrons. The van der Waals surface area contributed by atoms with Crippen molar-refractivity contribution in [2.75, 3.05) is 19.7 Å². The molecule has 3 rings (SSSR count). The van der Waals surface area contributed by atoms with E-state index in [1.807, 2.05) is 12.4 Å². The predicted octanol–water partition coefficient (Wildman–Crippen LogP) is 2.27. The van der Waals surface area contributed by atoms with E-state index in [4.69, 9.17) is 4.74 Å². The van der Waals surface area contributed by atoms with Gasteiger partial charge in [0.25, 0.3) is 0 Å². The van der Waals surface area contributed by atoms with Crippen molar-refractivity contribution < 1.29 is 4.74 Å². The number of morpholine rings is 1. The summed E-state index contributed by atoms with van der Waals surface area (Å²) in [5, 5.41) is 9.48. The van der Waals surface area contributed by atoms with Crippen LogP contribution in [0.1, 0.15) is 35.9 Å². The Morgan fingerprint density at radius 3 is 3.00 bits per heavy atom. The highest BCUT2D eigenvalue weighted by molar-refractivity contribution is 7.09. The maximum atomic E-state index is 9.48. The molecule has 1 aromatic heterocycles. The van der Waals surface area contributed by atoms with Gasteiger partial charge in [0.2, 0.25) is 0 Å². The van der Waals surface area contributed by atoms with E-state index in [1.165, 1.54) is 6.42 Å². The third kappa shape index (κ3) is 1.95. The van der Waals surface area contributed by atoms with Gasteiger partial charge in [-0.3, -0.25) is 4.90 Å². The van der Waals surface area contributed by atoms with Gasteiger partial charge in [0.05, 0.1) is 34.4 Å². The number of nitriles is 1. The average Bonchev–Trinajstić information content (AvgIpc) is 2.75. The molecule has 0 N–H and O–H groups in total. The highest BCUT2D eigenvalue weighted by Crippen LogP contribution is 2.40. The molecule has 0 bridgehead atoms. The zero-order valence-electron chi connectivity index (χ0n) is 10.6. The van der Waals surface area contributed by atoms with Crippen molar-refractivity contribution in [1.29, 1.82) is 5.26 Å². The Bertz CT molecular complexity index is 475. The van der Waals surface area contributed by atoms with Gasteiger partial charge < -0.3 is 4.74 Å². The molecule has 1 saturated heterocycles. The van der Waals surface area contributed by atoms with Gasteiger partial charge in [0.1, 0.15) is 6.04 Å². The lowest BCUT2D eigenvalue weighted by Crippen LogP contribution is -2.56. The van der Waals surface area contributed by atoms with Crippen LogP contribution < -0.4 is 0 Å². The fourth-order valence-corrected chi connectivity index (χ4v) is 3.73. The van der Waals surface area contributed by atoms with Crippen molar-refractivity contribution in [2.45, 2.75) is 37.8 Å². The molecule has 1 spiro atoms. The van der Waals surface area contributed by atoms with Crippen LogP contribution >= 0.6 is 11.3 Å². The number of thiazole rings is 1. The molecule has 1 aromatic rings. The number of hydrogen-bond donors (Lipinski definition) is 0. The van der Waals surface area contributed by atoms with E-state index in [9.17, 15) is 5.26 Å². The second-order valence-corrected chi connectivity index (χ2v) is 6.08.